The Kier molecular flexibility index (Phi) is 3.50. The van der Waals surface area contributed by atoms with E-state index < -0.39 is 11.6 Å². The highest BCUT2D eigenvalue weighted by atomic mass is 35.5. The van der Waals surface area contributed by atoms with Gasteiger partial charge in [-0.05, 0) is 35.9 Å². The maximum Gasteiger partial charge on any atom is 0.266 e. The smallest absolute Gasteiger partial charge is 0.266 e. The predicted octanol–water partition coefficient (Wildman–Crippen LogP) is 1.95. The number of carbonyl (C=O) groups excluding carboxylic acids is 1. The normalized spacial score (nSPS) is 12.0. The monoisotopic (exact) mass is 331 g/mol. The van der Waals surface area contributed by atoms with Crippen molar-refractivity contribution in [1.29, 1.82) is 0 Å². The Morgan fingerprint density at radius 1 is 1.13 bits per heavy atom. The van der Waals surface area contributed by atoms with Crippen molar-refractivity contribution in [1.82, 2.24) is 9.55 Å². The van der Waals surface area contributed by atoms with E-state index in [1.807, 2.05) is 0 Å². The lowest BCUT2D eigenvalue weighted by Gasteiger charge is -2.06. The number of benzene rings is 2. The minimum Gasteiger partial charge on any atom is -0.326 e. The summed E-state index contributed by atoms with van der Waals surface area (Å²) in [7, 11) is 0. The molecule has 7 heteroatoms. The van der Waals surface area contributed by atoms with Gasteiger partial charge in [-0.2, -0.15) is 0 Å². The highest BCUT2D eigenvalue weighted by Crippen LogP contribution is 2.27. The minimum atomic E-state index is -0.525. The average molecular weight is 332 g/mol. The van der Waals surface area contributed by atoms with Crippen LogP contribution in [0.4, 0.5) is 4.39 Å². The lowest BCUT2D eigenvalue weighted by molar-refractivity contribution is 0.103. The molecule has 2 heterocycles. The van der Waals surface area contributed by atoms with Crippen LogP contribution in [0.1, 0.15) is 21.7 Å². The van der Waals surface area contributed by atoms with Gasteiger partial charge in [0.2, 0.25) is 5.78 Å². The molecule has 0 amide bonds. The summed E-state index contributed by atoms with van der Waals surface area (Å²) in [6.07, 6.45) is 0. The van der Waals surface area contributed by atoms with Crippen LogP contribution in [-0.2, 0) is 6.54 Å². The van der Waals surface area contributed by atoms with Crippen molar-refractivity contribution in [2.75, 3.05) is 0 Å². The van der Waals surface area contributed by atoms with E-state index >= 15 is 0 Å². The van der Waals surface area contributed by atoms with Crippen LogP contribution >= 0.6 is 12.4 Å². The molecule has 1 aliphatic rings. The maximum atomic E-state index is 13.4. The quantitative estimate of drug-likeness (QED) is 0.578. The molecule has 1 aromatic heterocycles. The van der Waals surface area contributed by atoms with Crippen molar-refractivity contribution in [2.24, 2.45) is 5.73 Å². The van der Waals surface area contributed by atoms with Gasteiger partial charge >= 0.3 is 0 Å². The van der Waals surface area contributed by atoms with E-state index in [4.69, 9.17) is 5.73 Å². The molecule has 3 aromatic rings. The van der Waals surface area contributed by atoms with E-state index in [0.29, 0.717) is 23.1 Å². The van der Waals surface area contributed by atoms with Crippen LogP contribution in [0.2, 0.25) is 0 Å². The summed E-state index contributed by atoms with van der Waals surface area (Å²) >= 11 is 0. The summed E-state index contributed by atoms with van der Waals surface area (Å²) in [6, 6.07) is 8.85. The highest BCUT2D eigenvalue weighted by molar-refractivity contribution is 6.13. The fourth-order valence-electron chi connectivity index (χ4n) is 2.74. The molecular formula is C16H11ClFN3O2. The van der Waals surface area contributed by atoms with E-state index in [2.05, 4.69) is 4.98 Å². The number of hydrogen-bond acceptors (Lipinski definition) is 4. The van der Waals surface area contributed by atoms with Crippen molar-refractivity contribution < 1.29 is 9.18 Å². The number of aromatic nitrogens is 2. The molecule has 5 nitrogen and oxygen atoms in total. The van der Waals surface area contributed by atoms with E-state index in [-0.39, 0.29) is 29.4 Å². The minimum absolute atomic E-state index is 0. The number of nitrogens with zero attached hydrogens (tertiary/aromatic N) is 2. The molecule has 0 atom stereocenters. The standard InChI is InChI=1S/C16H10FN3O2.ClH/c17-9-2-4-13-11(6-9)14(21)15-19-12-5-8(7-18)1-3-10(12)16(22)20(13)15;/h1-6H,7,18H2;1H. The second-order valence-corrected chi connectivity index (χ2v) is 5.12. The molecule has 0 aliphatic carbocycles. The molecule has 2 N–H and O–H groups in total. The molecule has 0 unspecified atom stereocenters. The van der Waals surface area contributed by atoms with Gasteiger partial charge in [-0.25, -0.2) is 9.37 Å². The Hall–Kier alpha value is -2.57. The Bertz CT molecular complexity index is 1030. The van der Waals surface area contributed by atoms with Gasteiger partial charge < -0.3 is 5.73 Å². The molecule has 0 radical (unpaired) electrons. The van der Waals surface area contributed by atoms with Gasteiger partial charge in [0.15, 0.2) is 5.82 Å². The molecule has 0 spiro atoms. The maximum absolute atomic E-state index is 13.4. The lowest BCUT2D eigenvalue weighted by Crippen LogP contribution is -2.21. The van der Waals surface area contributed by atoms with Crippen LogP contribution < -0.4 is 11.3 Å². The van der Waals surface area contributed by atoms with E-state index in [1.165, 1.54) is 16.7 Å². The Morgan fingerprint density at radius 2 is 1.91 bits per heavy atom. The summed E-state index contributed by atoms with van der Waals surface area (Å²) in [5, 5.41) is 0.394. The largest absolute Gasteiger partial charge is 0.326 e. The number of hydrogen-bond donors (Lipinski definition) is 1. The third-order valence-corrected chi connectivity index (χ3v) is 3.82. The summed E-state index contributed by atoms with van der Waals surface area (Å²) in [4.78, 5) is 29.3. The zero-order chi connectivity index (χ0) is 15.4. The lowest BCUT2D eigenvalue weighted by atomic mass is 10.1. The van der Waals surface area contributed by atoms with Crippen molar-refractivity contribution in [2.45, 2.75) is 6.54 Å². The highest BCUT2D eigenvalue weighted by Gasteiger charge is 2.30. The molecule has 2 aromatic carbocycles. The van der Waals surface area contributed by atoms with Crippen LogP contribution in [-0.4, -0.2) is 15.3 Å². The molecule has 0 bridgehead atoms. The average Bonchev–Trinajstić information content (AvgIpc) is 2.80. The van der Waals surface area contributed by atoms with E-state index in [9.17, 15) is 14.0 Å². The van der Waals surface area contributed by atoms with E-state index in [1.54, 1.807) is 18.2 Å². The molecule has 4 rings (SSSR count). The second-order valence-electron chi connectivity index (χ2n) is 5.12. The summed E-state index contributed by atoms with van der Waals surface area (Å²) in [6.45, 7) is 0.315. The number of carbonyl (C=O) groups is 1. The van der Waals surface area contributed by atoms with Gasteiger partial charge in [0.25, 0.3) is 5.56 Å². The van der Waals surface area contributed by atoms with E-state index in [0.717, 1.165) is 11.6 Å². The second kappa shape index (κ2) is 5.26. The zero-order valence-corrected chi connectivity index (χ0v) is 12.6. The van der Waals surface area contributed by atoms with Crippen LogP contribution in [0.5, 0.6) is 0 Å². The van der Waals surface area contributed by atoms with Crippen molar-refractivity contribution in [3.8, 4) is 5.69 Å². The zero-order valence-electron chi connectivity index (χ0n) is 11.7. The van der Waals surface area contributed by atoms with Gasteiger partial charge in [0, 0.05) is 6.54 Å². The van der Waals surface area contributed by atoms with Crippen LogP contribution in [0.3, 0.4) is 0 Å². The Labute approximate surface area is 136 Å². The number of rotatable bonds is 1. The summed E-state index contributed by atoms with van der Waals surface area (Å²) in [5.74, 6) is -0.971. The molecule has 1 aliphatic heterocycles. The van der Waals surface area contributed by atoms with Crippen LogP contribution in [0.25, 0.3) is 16.6 Å². The fourth-order valence-corrected chi connectivity index (χ4v) is 2.74. The Morgan fingerprint density at radius 3 is 2.65 bits per heavy atom. The fraction of sp³-hybridized carbons (Fsp3) is 0.0625. The SMILES string of the molecule is Cl.NCc1ccc2c(=O)n3c(nc2c1)C(=O)c1cc(F)ccc1-3. The van der Waals surface area contributed by atoms with Crippen LogP contribution in [0.15, 0.2) is 41.2 Å². The molecule has 23 heavy (non-hydrogen) atoms. The van der Waals surface area contributed by atoms with Gasteiger partial charge in [0.05, 0.1) is 22.2 Å². The van der Waals surface area contributed by atoms with Gasteiger partial charge in [-0.1, -0.05) is 6.07 Å². The number of halogens is 2. The predicted molar refractivity (Wildman–Crippen MR) is 85.9 cm³/mol. The van der Waals surface area contributed by atoms with Gasteiger partial charge in [-0.15, -0.1) is 12.4 Å². The topological polar surface area (TPSA) is 78.0 Å². The first-order chi connectivity index (χ1) is 10.6. The van der Waals surface area contributed by atoms with Crippen molar-refractivity contribution >= 4 is 29.1 Å². The Balaban J connectivity index is 0.00000156. The molecule has 0 saturated heterocycles. The third kappa shape index (κ3) is 2.07. The molecule has 0 fully saturated rings. The van der Waals surface area contributed by atoms with Crippen molar-refractivity contribution in [3.63, 3.8) is 0 Å². The van der Waals surface area contributed by atoms with Gasteiger partial charge in [0.1, 0.15) is 5.82 Å². The summed E-state index contributed by atoms with van der Waals surface area (Å²) < 4.78 is 14.6. The van der Waals surface area contributed by atoms with Crippen LogP contribution in [0, 0.1) is 5.82 Å². The third-order valence-electron chi connectivity index (χ3n) is 3.82. The first-order valence-electron chi connectivity index (χ1n) is 6.70. The summed E-state index contributed by atoms with van der Waals surface area (Å²) in [5.41, 5.74) is 6.99. The number of fused-ring (bicyclic) bond motifs is 4. The number of nitrogens with two attached hydrogens (primary N) is 1. The first-order valence-corrected chi connectivity index (χ1v) is 6.70. The first kappa shape index (κ1) is 15.3. The molecule has 0 saturated carbocycles. The van der Waals surface area contributed by atoms with Crippen molar-refractivity contribution in [3.05, 3.63) is 69.5 Å². The molecular weight excluding hydrogens is 321 g/mol. The molecule has 116 valence electrons. The number of ketones is 1. The van der Waals surface area contributed by atoms with Gasteiger partial charge in [-0.3, -0.25) is 14.2 Å².